The zero-order chi connectivity index (χ0) is 17.0. The average molecular weight is 317 g/mol. The van der Waals surface area contributed by atoms with Crippen molar-refractivity contribution in [3.8, 4) is 0 Å². The fourth-order valence-corrected chi connectivity index (χ4v) is 2.14. The standard InChI is InChI=1S/C16H23N5O2/c1-11(2)13(17-15(22)12-8-6-5-7-9-12)14-18-20-21(19-14)10-16(3,4)23/h5-9,11,13,23H,10H2,1-4H3,(H,17,22). The summed E-state index contributed by atoms with van der Waals surface area (Å²) in [6.45, 7) is 7.54. The summed E-state index contributed by atoms with van der Waals surface area (Å²) in [6, 6.07) is 8.66. The molecule has 0 saturated heterocycles. The number of amides is 1. The van der Waals surface area contributed by atoms with Gasteiger partial charge in [-0.2, -0.15) is 4.80 Å². The van der Waals surface area contributed by atoms with Gasteiger partial charge in [-0.15, -0.1) is 10.2 Å². The molecule has 1 amide bonds. The number of hydrogen-bond donors (Lipinski definition) is 2. The molecular formula is C16H23N5O2. The molecule has 1 aromatic carbocycles. The van der Waals surface area contributed by atoms with Crippen molar-refractivity contribution in [1.29, 1.82) is 0 Å². The third-order valence-electron chi connectivity index (χ3n) is 3.26. The van der Waals surface area contributed by atoms with E-state index >= 15 is 0 Å². The molecule has 2 rings (SSSR count). The van der Waals surface area contributed by atoms with Crippen LogP contribution in [0.5, 0.6) is 0 Å². The zero-order valence-electron chi connectivity index (χ0n) is 13.9. The molecule has 2 aromatic rings. The van der Waals surface area contributed by atoms with Gasteiger partial charge in [0.1, 0.15) is 0 Å². The number of tetrazole rings is 1. The van der Waals surface area contributed by atoms with Gasteiger partial charge in [-0.25, -0.2) is 0 Å². The minimum absolute atomic E-state index is 0.0995. The van der Waals surface area contributed by atoms with Crippen LogP contribution in [0.25, 0.3) is 0 Å². The van der Waals surface area contributed by atoms with Crippen LogP contribution in [0.15, 0.2) is 30.3 Å². The Kier molecular flexibility index (Phi) is 5.10. The van der Waals surface area contributed by atoms with Crippen molar-refractivity contribution in [3.05, 3.63) is 41.7 Å². The Bertz CT molecular complexity index is 646. The SMILES string of the molecule is CC(C)C(NC(=O)c1ccccc1)c1nnn(CC(C)(C)O)n1. The Labute approximate surface area is 135 Å². The lowest BCUT2D eigenvalue weighted by atomic mass is 10.0. The second kappa shape index (κ2) is 6.87. The van der Waals surface area contributed by atoms with E-state index in [0.29, 0.717) is 11.4 Å². The number of rotatable bonds is 6. The van der Waals surface area contributed by atoms with Crippen molar-refractivity contribution in [2.75, 3.05) is 0 Å². The van der Waals surface area contributed by atoms with Crippen LogP contribution in [0, 0.1) is 5.92 Å². The Balaban J connectivity index is 2.14. The van der Waals surface area contributed by atoms with Crippen LogP contribution >= 0.6 is 0 Å². The Morgan fingerprint density at radius 1 is 1.30 bits per heavy atom. The van der Waals surface area contributed by atoms with Gasteiger partial charge in [0.25, 0.3) is 5.91 Å². The Hall–Kier alpha value is -2.28. The van der Waals surface area contributed by atoms with Crippen molar-refractivity contribution >= 4 is 5.91 Å². The van der Waals surface area contributed by atoms with Crippen molar-refractivity contribution in [3.63, 3.8) is 0 Å². The van der Waals surface area contributed by atoms with Crippen molar-refractivity contribution in [2.45, 2.75) is 45.9 Å². The first kappa shape index (κ1) is 17.1. The maximum atomic E-state index is 12.3. The first-order valence-electron chi connectivity index (χ1n) is 7.62. The summed E-state index contributed by atoms with van der Waals surface area (Å²) < 4.78 is 0. The topological polar surface area (TPSA) is 92.9 Å². The number of nitrogens with one attached hydrogen (secondary N) is 1. The van der Waals surface area contributed by atoms with E-state index in [1.165, 1.54) is 4.80 Å². The molecule has 1 heterocycles. The highest BCUT2D eigenvalue weighted by Gasteiger charge is 2.25. The van der Waals surface area contributed by atoms with Crippen LogP contribution in [-0.4, -0.2) is 36.8 Å². The van der Waals surface area contributed by atoms with E-state index in [0.717, 1.165) is 0 Å². The first-order chi connectivity index (χ1) is 10.8. The number of benzene rings is 1. The van der Waals surface area contributed by atoms with Crippen LogP contribution in [0.1, 0.15) is 49.9 Å². The highest BCUT2D eigenvalue weighted by Crippen LogP contribution is 2.18. The quantitative estimate of drug-likeness (QED) is 0.843. The van der Waals surface area contributed by atoms with Gasteiger partial charge in [0.05, 0.1) is 18.2 Å². The third kappa shape index (κ3) is 4.85. The number of carbonyl (C=O) groups is 1. The van der Waals surface area contributed by atoms with Crippen LogP contribution in [0.3, 0.4) is 0 Å². The summed E-state index contributed by atoms with van der Waals surface area (Å²) in [5.74, 6) is 0.360. The minimum Gasteiger partial charge on any atom is -0.388 e. The molecule has 124 valence electrons. The van der Waals surface area contributed by atoms with Crippen LogP contribution in [0.4, 0.5) is 0 Å². The number of carbonyl (C=O) groups excluding carboxylic acids is 1. The summed E-state index contributed by atoms with van der Waals surface area (Å²) in [5.41, 5.74) is -0.347. The van der Waals surface area contributed by atoms with E-state index in [-0.39, 0.29) is 24.4 Å². The number of nitrogens with zero attached hydrogens (tertiary/aromatic N) is 4. The van der Waals surface area contributed by atoms with E-state index in [4.69, 9.17) is 0 Å². The lowest BCUT2D eigenvalue weighted by Gasteiger charge is -2.19. The third-order valence-corrected chi connectivity index (χ3v) is 3.26. The average Bonchev–Trinajstić information content (AvgIpc) is 2.91. The maximum Gasteiger partial charge on any atom is 0.251 e. The van der Waals surface area contributed by atoms with Gasteiger partial charge in [-0.05, 0) is 37.1 Å². The fourth-order valence-electron chi connectivity index (χ4n) is 2.14. The molecule has 0 radical (unpaired) electrons. The van der Waals surface area contributed by atoms with E-state index in [9.17, 15) is 9.90 Å². The molecule has 1 aromatic heterocycles. The molecule has 0 bridgehead atoms. The smallest absolute Gasteiger partial charge is 0.251 e. The molecule has 0 aliphatic carbocycles. The molecule has 0 fully saturated rings. The van der Waals surface area contributed by atoms with Gasteiger partial charge < -0.3 is 10.4 Å². The number of aromatic nitrogens is 4. The van der Waals surface area contributed by atoms with Crippen LogP contribution in [-0.2, 0) is 6.54 Å². The molecule has 23 heavy (non-hydrogen) atoms. The van der Waals surface area contributed by atoms with E-state index in [1.54, 1.807) is 26.0 Å². The highest BCUT2D eigenvalue weighted by molar-refractivity contribution is 5.94. The number of aliphatic hydroxyl groups is 1. The molecule has 0 aliphatic rings. The lowest BCUT2D eigenvalue weighted by Crippen LogP contribution is -2.33. The summed E-state index contributed by atoms with van der Waals surface area (Å²) in [6.07, 6.45) is 0. The van der Waals surface area contributed by atoms with Crippen molar-refractivity contribution in [2.24, 2.45) is 5.92 Å². The first-order valence-corrected chi connectivity index (χ1v) is 7.62. The predicted octanol–water partition coefficient (Wildman–Crippen LogP) is 1.57. The maximum absolute atomic E-state index is 12.3. The normalized spacial score (nSPS) is 13.1. The van der Waals surface area contributed by atoms with E-state index in [1.807, 2.05) is 32.0 Å². The predicted molar refractivity (Wildman–Crippen MR) is 85.6 cm³/mol. The molecule has 7 nitrogen and oxygen atoms in total. The van der Waals surface area contributed by atoms with E-state index < -0.39 is 5.60 Å². The molecule has 2 N–H and O–H groups in total. The number of hydrogen-bond acceptors (Lipinski definition) is 5. The Morgan fingerprint density at radius 2 is 1.96 bits per heavy atom. The van der Waals surface area contributed by atoms with Gasteiger partial charge in [0.15, 0.2) is 5.82 Å². The molecule has 7 heteroatoms. The highest BCUT2D eigenvalue weighted by atomic mass is 16.3. The second-order valence-electron chi connectivity index (χ2n) is 6.55. The van der Waals surface area contributed by atoms with Crippen LogP contribution in [0.2, 0.25) is 0 Å². The van der Waals surface area contributed by atoms with Crippen LogP contribution < -0.4 is 5.32 Å². The largest absolute Gasteiger partial charge is 0.388 e. The summed E-state index contributed by atoms with van der Waals surface area (Å²) in [7, 11) is 0. The van der Waals surface area contributed by atoms with Crippen molar-refractivity contribution < 1.29 is 9.90 Å². The van der Waals surface area contributed by atoms with Gasteiger partial charge in [0.2, 0.25) is 0 Å². The molecule has 0 spiro atoms. The lowest BCUT2D eigenvalue weighted by molar-refractivity contribution is 0.0524. The van der Waals surface area contributed by atoms with Gasteiger partial charge in [-0.1, -0.05) is 32.0 Å². The van der Waals surface area contributed by atoms with E-state index in [2.05, 4.69) is 20.7 Å². The van der Waals surface area contributed by atoms with Gasteiger partial charge in [-0.3, -0.25) is 4.79 Å². The summed E-state index contributed by atoms with van der Waals surface area (Å²) >= 11 is 0. The molecule has 1 unspecified atom stereocenters. The minimum atomic E-state index is -0.932. The monoisotopic (exact) mass is 317 g/mol. The summed E-state index contributed by atoms with van der Waals surface area (Å²) in [4.78, 5) is 13.7. The zero-order valence-corrected chi connectivity index (χ0v) is 13.9. The second-order valence-corrected chi connectivity index (χ2v) is 6.55. The fraction of sp³-hybridized carbons (Fsp3) is 0.500. The van der Waals surface area contributed by atoms with Gasteiger partial charge in [0, 0.05) is 5.56 Å². The summed E-state index contributed by atoms with van der Waals surface area (Å²) in [5, 5.41) is 25.0. The molecular weight excluding hydrogens is 294 g/mol. The molecule has 0 aliphatic heterocycles. The Morgan fingerprint density at radius 3 is 2.52 bits per heavy atom. The van der Waals surface area contributed by atoms with Gasteiger partial charge >= 0.3 is 0 Å². The molecule has 0 saturated carbocycles. The molecule has 1 atom stereocenters. The van der Waals surface area contributed by atoms with Crippen molar-refractivity contribution in [1.82, 2.24) is 25.5 Å².